The lowest BCUT2D eigenvalue weighted by molar-refractivity contribution is 0.401. The first-order chi connectivity index (χ1) is 8.22. The number of benzene rings is 1. The van der Waals surface area contributed by atoms with Gasteiger partial charge < -0.3 is 10.5 Å². The van der Waals surface area contributed by atoms with Crippen LogP contribution >= 0.6 is 11.8 Å². The summed E-state index contributed by atoms with van der Waals surface area (Å²) in [5.74, 6) is 0.291. The molecule has 2 rings (SSSR count). The quantitative estimate of drug-likeness (QED) is 0.848. The Labute approximate surface area is 102 Å². The summed E-state index contributed by atoms with van der Waals surface area (Å²) in [4.78, 5) is 8.30. The van der Waals surface area contributed by atoms with E-state index in [0.717, 1.165) is 11.8 Å². The second-order valence-electron chi connectivity index (χ2n) is 3.13. The summed E-state index contributed by atoms with van der Waals surface area (Å²) in [6.45, 7) is 0. The third-order valence-electron chi connectivity index (χ3n) is 2.05. The molecule has 0 unspecified atom stereocenters. The van der Waals surface area contributed by atoms with Crippen LogP contribution in [0.5, 0.6) is 5.75 Å². The van der Waals surface area contributed by atoms with Crippen LogP contribution in [0.1, 0.15) is 0 Å². The predicted molar refractivity (Wildman–Crippen MR) is 63.5 cm³/mol. The van der Waals surface area contributed by atoms with E-state index in [0.29, 0.717) is 15.7 Å². The summed E-state index contributed by atoms with van der Waals surface area (Å²) in [7, 11) is 1.47. The number of nitrogen functional groups attached to an aromatic ring is 1. The van der Waals surface area contributed by atoms with Gasteiger partial charge in [-0.1, -0.05) is 23.9 Å². The summed E-state index contributed by atoms with van der Waals surface area (Å²) in [5, 5.41) is 0.491. The highest BCUT2D eigenvalue weighted by Crippen LogP contribution is 2.36. The van der Waals surface area contributed by atoms with E-state index in [4.69, 9.17) is 10.5 Å². The number of nitrogens with two attached hydrogens (primary N) is 1. The zero-order valence-corrected chi connectivity index (χ0v) is 9.87. The van der Waals surface area contributed by atoms with Crippen molar-refractivity contribution in [2.24, 2.45) is 0 Å². The normalized spacial score (nSPS) is 10.2. The fourth-order valence-electron chi connectivity index (χ4n) is 1.27. The Hall–Kier alpha value is -1.82. The van der Waals surface area contributed by atoms with Gasteiger partial charge in [-0.3, -0.25) is 0 Å². The Morgan fingerprint density at radius 2 is 2.06 bits per heavy atom. The van der Waals surface area contributed by atoms with E-state index in [1.165, 1.54) is 19.5 Å². The lowest BCUT2D eigenvalue weighted by Gasteiger charge is -2.08. The molecular formula is C11H10FN3OS. The van der Waals surface area contributed by atoms with Gasteiger partial charge in [0, 0.05) is 4.90 Å². The first kappa shape index (κ1) is 11.7. The van der Waals surface area contributed by atoms with Gasteiger partial charge in [-0.15, -0.1) is 0 Å². The molecule has 0 radical (unpaired) electrons. The molecule has 0 saturated carbocycles. The lowest BCUT2D eigenvalue weighted by Crippen LogP contribution is -1.99. The topological polar surface area (TPSA) is 61.0 Å². The van der Waals surface area contributed by atoms with E-state index < -0.39 is 0 Å². The zero-order chi connectivity index (χ0) is 12.3. The maximum atomic E-state index is 13.5. The number of aromatic nitrogens is 2. The number of hydrogen-bond donors (Lipinski definition) is 1. The van der Waals surface area contributed by atoms with Crippen LogP contribution < -0.4 is 10.5 Å². The molecule has 0 saturated heterocycles. The number of nitrogens with zero attached hydrogens (tertiary/aromatic N) is 2. The zero-order valence-electron chi connectivity index (χ0n) is 9.05. The Balaban J connectivity index is 2.37. The highest BCUT2D eigenvalue weighted by atomic mass is 32.2. The molecule has 6 heteroatoms. The van der Waals surface area contributed by atoms with Crippen molar-refractivity contribution in [3.63, 3.8) is 0 Å². The van der Waals surface area contributed by atoms with Gasteiger partial charge in [0.2, 0.25) is 0 Å². The molecule has 2 aromatic rings. The van der Waals surface area contributed by atoms with Gasteiger partial charge in [-0.05, 0) is 12.1 Å². The monoisotopic (exact) mass is 251 g/mol. The molecule has 0 fully saturated rings. The lowest BCUT2D eigenvalue weighted by atomic mass is 10.3. The van der Waals surface area contributed by atoms with Crippen LogP contribution in [0.3, 0.4) is 0 Å². The first-order valence-corrected chi connectivity index (χ1v) is 5.61. The Morgan fingerprint density at radius 1 is 1.29 bits per heavy atom. The summed E-state index contributed by atoms with van der Waals surface area (Å²) in [6.07, 6.45) is 1.32. The fraction of sp³-hybridized carbons (Fsp3) is 0.0909. The van der Waals surface area contributed by atoms with Crippen LogP contribution in [0, 0.1) is 5.82 Å². The molecule has 1 heterocycles. The van der Waals surface area contributed by atoms with Crippen molar-refractivity contribution in [1.82, 2.24) is 9.97 Å². The minimum Gasteiger partial charge on any atom is -0.490 e. The second kappa shape index (κ2) is 5.01. The van der Waals surface area contributed by atoms with E-state index in [1.807, 2.05) is 0 Å². The SMILES string of the molecule is COc1c(N)ncnc1Sc1ccccc1F. The van der Waals surface area contributed by atoms with Gasteiger partial charge in [-0.25, -0.2) is 14.4 Å². The van der Waals surface area contributed by atoms with Gasteiger partial charge >= 0.3 is 0 Å². The molecule has 1 aromatic heterocycles. The molecule has 0 amide bonds. The van der Waals surface area contributed by atoms with Crippen molar-refractivity contribution in [1.29, 1.82) is 0 Å². The van der Waals surface area contributed by atoms with Crippen LogP contribution in [0.2, 0.25) is 0 Å². The average Bonchev–Trinajstić information content (AvgIpc) is 2.32. The minimum absolute atomic E-state index is 0.237. The number of ether oxygens (including phenoxy) is 1. The standard InChI is InChI=1S/C11H10FN3OS/c1-16-9-10(13)14-6-15-11(9)17-8-5-3-2-4-7(8)12/h2-6H,1H3,(H2,13,14,15). The molecule has 0 atom stereocenters. The molecule has 88 valence electrons. The third kappa shape index (κ3) is 2.47. The highest BCUT2D eigenvalue weighted by Gasteiger charge is 2.12. The third-order valence-corrected chi connectivity index (χ3v) is 3.08. The molecule has 1 aromatic carbocycles. The molecule has 0 aliphatic carbocycles. The summed E-state index contributed by atoms with van der Waals surface area (Å²) in [5.41, 5.74) is 5.64. The number of anilines is 1. The van der Waals surface area contributed by atoms with E-state index in [9.17, 15) is 4.39 Å². The first-order valence-electron chi connectivity index (χ1n) is 4.79. The predicted octanol–water partition coefficient (Wildman–Crippen LogP) is 2.36. The van der Waals surface area contributed by atoms with Crippen molar-refractivity contribution >= 4 is 17.6 Å². The van der Waals surface area contributed by atoms with Crippen molar-refractivity contribution in [3.8, 4) is 5.75 Å². The number of halogens is 1. The van der Waals surface area contributed by atoms with Crippen molar-refractivity contribution in [2.45, 2.75) is 9.92 Å². The maximum absolute atomic E-state index is 13.5. The summed E-state index contributed by atoms with van der Waals surface area (Å²) in [6, 6.07) is 6.44. The molecule has 0 aliphatic heterocycles. The van der Waals surface area contributed by atoms with E-state index in [2.05, 4.69) is 9.97 Å². The van der Waals surface area contributed by atoms with Gasteiger partial charge in [0.05, 0.1) is 7.11 Å². The smallest absolute Gasteiger partial charge is 0.193 e. The number of methoxy groups -OCH3 is 1. The van der Waals surface area contributed by atoms with Crippen LogP contribution in [-0.2, 0) is 0 Å². The molecular weight excluding hydrogens is 241 g/mol. The Morgan fingerprint density at radius 3 is 2.76 bits per heavy atom. The number of hydrogen-bond acceptors (Lipinski definition) is 5. The van der Waals surface area contributed by atoms with Gasteiger partial charge in [0.15, 0.2) is 11.6 Å². The van der Waals surface area contributed by atoms with Gasteiger partial charge in [0.25, 0.3) is 0 Å². The fourth-order valence-corrected chi connectivity index (χ4v) is 2.17. The Bertz CT molecular complexity index is 536. The largest absolute Gasteiger partial charge is 0.490 e. The number of rotatable bonds is 3. The molecule has 17 heavy (non-hydrogen) atoms. The van der Waals surface area contributed by atoms with Gasteiger partial charge in [0.1, 0.15) is 17.2 Å². The van der Waals surface area contributed by atoms with Crippen LogP contribution in [0.25, 0.3) is 0 Å². The molecule has 0 spiro atoms. The van der Waals surface area contributed by atoms with Gasteiger partial charge in [-0.2, -0.15) is 0 Å². The molecule has 4 nitrogen and oxygen atoms in total. The van der Waals surface area contributed by atoms with Crippen LogP contribution in [0.4, 0.5) is 10.2 Å². The second-order valence-corrected chi connectivity index (χ2v) is 4.16. The summed E-state index contributed by atoms with van der Waals surface area (Å²) >= 11 is 1.15. The summed E-state index contributed by atoms with van der Waals surface area (Å²) < 4.78 is 18.6. The van der Waals surface area contributed by atoms with E-state index >= 15 is 0 Å². The maximum Gasteiger partial charge on any atom is 0.193 e. The van der Waals surface area contributed by atoms with Crippen molar-refractivity contribution < 1.29 is 9.13 Å². The molecule has 0 bridgehead atoms. The molecule has 2 N–H and O–H groups in total. The van der Waals surface area contributed by atoms with Crippen LogP contribution in [-0.4, -0.2) is 17.1 Å². The minimum atomic E-state index is -0.309. The van der Waals surface area contributed by atoms with Crippen molar-refractivity contribution in [2.75, 3.05) is 12.8 Å². The van der Waals surface area contributed by atoms with E-state index in [1.54, 1.807) is 18.2 Å². The average molecular weight is 251 g/mol. The van der Waals surface area contributed by atoms with Crippen molar-refractivity contribution in [3.05, 3.63) is 36.4 Å². The Kier molecular flexibility index (Phi) is 3.43. The van der Waals surface area contributed by atoms with Crippen LogP contribution in [0.15, 0.2) is 40.5 Å². The highest BCUT2D eigenvalue weighted by molar-refractivity contribution is 7.99. The van der Waals surface area contributed by atoms with E-state index in [-0.39, 0.29) is 11.6 Å². The molecule has 0 aliphatic rings.